The molecule has 0 aromatic heterocycles. The van der Waals surface area contributed by atoms with Gasteiger partial charge in [-0.25, -0.2) is 8.42 Å². The van der Waals surface area contributed by atoms with E-state index >= 15 is 0 Å². The molecule has 0 saturated heterocycles. The van der Waals surface area contributed by atoms with E-state index < -0.39 is 34.1 Å². The molecule has 0 radical (unpaired) electrons. The van der Waals surface area contributed by atoms with Crippen LogP contribution >= 0.6 is 11.6 Å². The average molecular weight is 570 g/mol. The summed E-state index contributed by atoms with van der Waals surface area (Å²) in [5, 5.41) is 3.47. The molecule has 39 heavy (non-hydrogen) atoms. The van der Waals surface area contributed by atoms with Gasteiger partial charge in [-0.15, -0.1) is 0 Å². The molecule has 0 aliphatic heterocycles. The smallest absolute Gasteiger partial charge is 0.264 e. The van der Waals surface area contributed by atoms with Gasteiger partial charge < -0.3 is 10.2 Å². The van der Waals surface area contributed by atoms with Crippen LogP contribution in [0.1, 0.15) is 44.4 Å². The molecule has 3 aromatic rings. The Kier molecular flexibility index (Phi) is 9.46. The molecule has 0 fully saturated rings. The highest BCUT2D eigenvalue weighted by molar-refractivity contribution is 7.92. The van der Waals surface area contributed by atoms with E-state index in [1.165, 1.54) is 17.0 Å². The van der Waals surface area contributed by atoms with Crippen molar-refractivity contribution in [2.24, 2.45) is 0 Å². The van der Waals surface area contributed by atoms with E-state index in [-0.39, 0.29) is 17.3 Å². The van der Waals surface area contributed by atoms with E-state index in [0.29, 0.717) is 16.3 Å². The van der Waals surface area contributed by atoms with Gasteiger partial charge in [0.25, 0.3) is 10.0 Å². The summed E-state index contributed by atoms with van der Waals surface area (Å²) < 4.78 is 28.9. The van der Waals surface area contributed by atoms with Gasteiger partial charge in [0.2, 0.25) is 11.8 Å². The molecule has 208 valence electrons. The van der Waals surface area contributed by atoms with Gasteiger partial charge in [-0.2, -0.15) is 0 Å². The number of nitrogens with zero attached hydrogens (tertiary/aromatic N) is 2. The summed E-state index contributed by atoms with van der Waals surface area (Å²) >= 11 is 6.05. The summed E-state index contributed by atoms with van der Waals surface area (Å²) in [6.07, 6.45) is 0. The number of sulfonamides is 1. The fourth-order valence-electron chi connectivity index (χ4n) is 4.16. The Bertz CT molecular complexity index is 1420. The molecule has 0 heterocycles. The summed E-state index contributed by atoms with van der Waals surface area (Å²) in [6.45, 7) is 10.6. The fraction of sp³-hybridized carbons (Fsp3) is 0.333. The molecule has 3 aromatic carbocycles. The molecule has 2 amide bonds. The van der Waals surface area contributed by atoms with Crippen LogP contribution < -0.4 is 9.62 Å². The quantitative estimate of drug-likeness (QED) is 0.369. The lowest BCUT2D eigenvalue weighted by Gasteiger charge is -2.34. The third kappa shape index (κ3) is 7.83. The second-order valence-corrected chi connectivity index (χ2v) is 13.0. The molecule has 7 nitrogen and oxygen atoms in total. The van der Waals surface area contributed by atoms with Crippen LogP contribution in [0.5, 0.6) is 0 Å². The largest absolute Gasteiger partial charge is 0.350 e. The summed E-state index contributed by atoms with van der Waals surface area (Å²) in [6, 6.07) is 19.5. The number of amides is 2. The van der Waals surface area contributed by atoms with Crippen LogP contribution in [0.2, 0.25) is 5.02 Å². The number of rotatable bonds is 9. The zero-order valence-corrected chi connectivity index (χ0v) is 24.8. The van der Waals surface area contributed by atoms with E-state index in [0.717, 1.165) is 15.4 Å². The van der Waals surface area contributed by atoms with Gasteiger partial charge in [-0.05, 0) is 83.0 Å². The van der Waals surface area contributed by atoms with E-state index in [4.69, 9.17) is 11.6 Å². The van der Waals surface area contributed by atoms with E-state index in [2.05, 4.69) is 5.32 Å². The van der Waals surface area contributed by atoms with Crippen LogP contribution in [0.4, 0.5) is 5.69 Å². The normalized spacial score (nSPS) is 12.5. The van der Waals surface area contributed by atoms with Crippen LogP contribution in [0.3, 0.4) is 0 Å². The molecule has 1 N–H and O–H groups in total. The molecular weight excluding hydrogens is 534 g/mol. The predicted molar refractivity (Wildman–Crippen MR) is 156 cm³/mol. The standard InChI is InChI=1S/C30H36ClN3O4S/c1-21-12-17-27(22(2)18-21)34(39(37,38)26-10-8-7-9-11-26)20-28(35)33(19-24-13-15-25(31)16-14-24)23(3)29(36)32-30(4,5)6/h7-18,23H,19-20H2,1-6H3,(H,32,36)/t23-/m0/s1. The maximum Gasteiger partial charge on any atom is 0.264 e. The molecule has 0 unspecified atom stereocenters. The average Bonchev–Trinajstić information content (AvgIpc) is 2.86. The van der Waals surface area contributed by atoms with Crippen LogP contribution in [0.15, 0.2) is 77.7 Å². The van der Waals surface area contributed by atoms with Crippen molar-refractivity contribution in [3.8, 4) is 0 Å². The number of carbonyl (C=O) groups excluding carboxylic acids is 2. The van der Waals surface area contributed by atoms with Crippen molar-refractivity contribution >= 4 is 39.1 Å². The van der Waals surface area contributed by atoms with Crippen molar-refractivity contribution < 1.29 is 18.0 Å². The Morgan fingerprint density at radius 1 is 0.949 bits per heavy atom. The van der Waals surface area contributed by atoms with Crippen LogP contribution in [-0.4, -0.2) is 43.3 Å². The van der Waals surface area contributed by atoms with E-state index in [1.54, 1.807) is 55.5 Å². The molecule has 1 atom stereocenters. The number of hydrogen-bond acceptors (Lipinski definition) is 4. The SMILES string of the molecule is Cc1ccc(N(CC(=O)N(Cc2ccc(Cl)cc2)[C@@H](C)C(=O)NC(C)(C)C)S(=O)(=O)c2ccccc2)c(C)c1. The lowest BCUT2D eigenvalue weighted by molar-refractivity contribution is -0.140. The second kappa shape index (κ2) is 12.2. The van der Waals surface area contributed by atoms with Crippen LogP contribution in [0, 0.1) is 13.8 Å². The minimum absolute atomic E-state index is 0.0700. The number of carbonyl (C=O) groups is 2. The van der Waals surface area contributed by atoms with Gasteiger partial charge in [-0.3, -0.25) is 13.9 Å². The number of benzene rings is 3. The van der Waals surface area contributed by atoms with Crippen molar-refractivity contribution in [1.82, 2.24) is 10.2 Å². The topological polar surface area (TPSA) is 86.8 Å². The van der Waals surface area contributed by atoms with Gasteiger partial charge in [0.05, 0.1) is 10.6 Å². The third-order valence-corrected chi connectivity index (χ3v) is 8.19. The molecule has 0 spiro atoms. The zero-order valence-electron chi connectivity index (χ0n) is 23.2. The fourth-order valence-corrected chi connectivity index (χ4v) is 5.79. The summed E-state index contributed by atoms with van der Waals surface area (Å²) in [5.41, 5.74) is 2.33. The molecule has 0 aliphatic rings. The monoisotopic (exact) mass is 569 g/mol. The van der Waals surface area contributed by atoms with Crippen molar-refractivity contribution in [2.75, 3.05) is 10.8 Å². The number of nitrogens with one attached hydrogen (secondary N) is 1. The summed E-state index contributed by atoms with van der Waals surface area (Å²) in [5.74, 6) is -0.852. The summed E-state index contributed by atoms with van der Waals surface area (Å²) in [4.78, 5) is 28.6. The summed E-state index contributed by atoms with van der Waals surface area (Å²) in [7, 11) is -4.10. The first-order valence-electron chi connectivity index (χ1n) is 12.7. The highest BCUT2D eigenvalue weighted by atomic mass is 35.5. The lowest BCUT2D eigenvalue weighted by Crippen LogP contribution is -2.54. The highest BCUT2D eigenvalue weighted by Crippen LogP contribution is 2.28. The Balaban J connectivity index is 2.05. The zero-order chi connectivity index (χ0) is 29.0. The minimum Gasteiger partial charge on any atom is -0.350 e. The highest BCUT2D eigenvalue weighted by Gasteiger charge is 2.33. The number of anilines is 1. The first-order chi connectivity index (χ1) is 18.2. The maximum atomic E-state index is 14.0. The maximum absolute atomic E-state index is 14.0. The first-order valence-corrected chi connectivity index (χ1v) is 14.5. The third-order valence-electron chi connectivity index (χ3n) is 6.16. The Labute approximate surface area is 236 Å². The van der Waals surface area contributed by atoms with Gasteiger partial charge in [0.1, 0.15) is 12.6 Å². The van der Waals surface area contributed by atoms with Crippen LogP contribution in [-0.2, 0) is 26.2 Å². The van der Waals surface area contributed by atoms with Crippen molar-refractivity contribution in [2.45, 2.75) is 64.6 Å². The van der Waals surface area contributed by atoms with E-state index in [1.807, 2.05) is 46.8 Å². The Morgan fingerprint density at radius 3 is 2.13 bits per heavy atom. The Hall–Kier alpha value is -3.36. The van der Waals surface area contributed by atoms with E-state index in [9.17, 15) is 18.0 Å². The Morgan fingerprint density at radius 2 is 1.56 bits per heavy atom. The molecule has 0 bridgehead atoms. The van der Waals surface area contributed by atoms with Gasteiger partial charge >= 0.3 is 0 Å². The van der Waals surface area contributed by atoms with Crippen molar-refractivity contribution in [1.29, 1.82) is 0 Å². The molecule has 0 aliphatic carbocycles. The van der Waals surface area contributed by atoms with Crippen molar-refractivity contribution in [3.63, 3.8) is 0 Å². The minimum atomic E-state index is -4.10. The van der Waals surface area contributed by atoms with Crippen LogP contribution in [0.25, 0.3) is 0 Å². The van der Waals surface area contributed by atoms with Gasteiger partial charge in [-0.1, -0.05) is 59.6 Å². The molecular formula is C30H36ClN3O4S. The number of hydrogen-bond donors (Lipinski definition) is 1. The van der Waals surface area contributed by atoms with Crippen molar-refractivity contribution in [3.05, 3.63) is 94.5 Å². The number of halogens is 1. The lowest BCUT2D eigenvalue weighted by atomic mass is 10.1. The first kappa shape index (κ1) is 30.2. The molecule has 9 heteroatoms. The molecule has 3 rings (SSSR count). The molecule has 0 saturated carbocycles. The second-order valence-electron chi connectivity index (χ2n) is 10.7. The number of aryl methyl sites for hydroxylation is 2. The van der Waals surface area contributed by atoms with Gasteiger partial charge in [0.15, 0.2) is 0 Å². The van der Waals surface area contributed by atoms with Gasteiger partial charge in [0, 0.05) is 17.1 Å². The predicted octanol–water partition coefficient (Wildman–Crippen LogP) is 5.48.